The van der Waals surface area contributed by atoms with E-state index < -0.39 is 5.60 Å². The minimum absolute atomic E-state index is 0.154. The number of rotatable bonds is 6. The second kappa shape index (κ2) is 7.27. The lowest BCUT2D eigenvalue weighted by molar-refractivity contribution is 0.0177. The van der Waals surface area contributed by atoms with Gasteiger partial charge in [-0.1, -0.05) is 49.2 Å². The molecule has 2 amide bonds. The molecule has 0 atom stereocenters. The van der Waals surface area contributed by atoms with E-state index in [1.165, 1.54) is 0 Å². The van der Waals surface area contributed by atoms with Crippen LogP contribution in [0.4, 0.5) is 4.79 Å². The molecule has 0 radical (unpaired) electrons. The van der Waals surface area contributed by atoms with Crippen molar-refractivity contribution >= 4 is 6.03 Å². The van der Waals surface area contributed by atoms with Crippen LogP contribution in [0.2, 0.25) is 0 Å². The van der Waals surface area contributed by atoms with Crippen molar-refractivity contribution in [3.8, 4) is 0 Å². The normalized spacial score (nSPS) is 16.4. The lowest BCUT2D eigenvalue weighted by atomic mass is 10.0. The summed E-state index contributed by atoms with van der Waals surface area (Å²) in [6, 6.07) is 9.70. The third-order valence-corrected chi connectivity index (χ3v) is 3.92. The highest BCUT2D eigenvalue weighted by molar-refractivity contribution is 5.74. The molecule has 1 saturated carbocycles. The van der Waals surface area contributed by atoms with Crippen molar-refractivity contribution in [1.29, 1.82) is 0 Å². The summed E-state index contributed by atoms with van der Waals surface area (Å²) in [6.45, 7) is 4.93. The van der Waals surface area contributed by atoms with Crippen LogP contribution in [-0.2, 0) is 6.54 Å². The van der Waals surface area contributed by atoms with Crippen LogP contribution in [0.5, 0.6) is 0 Å². The van der Waals surface area contributed by atoms with E-state index in [4.69, 9.17) is 0 Å². The number of aliphatic hydroxyl groups is 1. The zero-order chi connectivity index (χ0) is 15.1. The van der Waals surface area contributed by atoms with Gasteiger partial charge in [-0.05, 0) is 18.4 Å². The number of amides is 2. The molecule has 0 saturated heterocycles. The lowest BCUT2D eigenvalue weighted by Crippen LogP contribution is -2.47. The van der Waals surface area contributed by atoms with Crippen molar-refractivity contribution < 1.29 is 9.90 Å². The molecule has 114 valence electrons. The van der Waals surface area contributed by atoms with Crippen LogP contribution < -0.4 is 5.32 Å². The van der Waals surface area contributed by atoms with Gasteiger partial charge in [0.05, 0.1) is 12.1 Å². The third kappa shape index (κ3) is 4.60. The molecule has 0 spiro atoms. The van der Waals surface area contributed by atoms with Crippen molar-refractivity contribution in [3.63, 3.8) is 0 Å². The highest BCUT2D eigenvalue weighted by Gasteiger charge is 2.34. The molecule has 1 aliphatic carbocycles. The van der Waals surface area contributed by atoms with Crippen LogP contribution in [0.1, 0.15) is 31.2 Å². The molecule has 1 aliphatic rings. The van der Waals surface area contributed by atoms with E-state index >= 15 is 0 Å². The highest BCUT2D eigenvalue weighted by atomic mass is 16.3. The maximum Gasteiger partial charge on any atom is 0.318 e. The Morgan fingerprint density at radius 3 is 2.62 bits per heavy atom. The van der Waals surface area contributed by atoms with Crippen LogP contribution in [0, 0.1) is 0 Å². The number of hydrogen-bond acceptors (Lipinski definition) is 2. The first-order chi connectivity index (χ1) is 10.1. The zero-order valence-electron chi connectivity index (χ0n) is 12.4. The van der Waals surface area contributed by atoms with E-state index in [0.717, 1.165) is 31.2 Å². The predicted octanol–water partition coefficient (Wildman–Crippen LogP) is 2.69. The summed E-state index contributed by atoms with van der Waals surface area (Å²) in [5.74, 6) is 0. The molecule has 1 aromatic rings. The van der Waals surface area contributed by atoms with Crippen molar-refractivity contribution in [2.24, 2.45) is 0 Å². The molecule has 0 aliphatic heterocycles. The Morgan fingerprint density at radius 2 is 2.00 bits per heavy atom. The zero-order valence-corrected chi connectivity index (χ0v) is 12.4. The number of urea groups is 1. The second-order valence-electron chi connectivity index (χ2n) is 5.75. The van der Waals surface area contributed by atoms with Crippen LogP contribution in [0.25, 0.3) is 0 Å². The van der Waals surface area contributed by atoms with Crippen LogP contribution in [-0.4, -0.2) is 34.7 Å². The summed E-state index contributed by atoms with van der Waals surface area (Å²) in [6.07, 6.45) is 5.26. The maximum absolute atomic E-state index is 12.3. The van der Waals surface area contributed by atoms with Gasteiger partial charge in [0, 0.05) is 13.1 Å². The van der Waals surface area contributed by atoms with Gasteiger partial charge in [-0.15, -0.1) is 6.58 Å². The molecule has 0 bridgehead atoms. The quantitative estimate of drug-likeness (QED) is 0.791. The van der Waals surface area contributed by atoms with Gasteiger partial charge in [0.1, 0.15) is 0 Å². The van der Waals surface area contributed by atoms with Gasteiger partial charge in [-0.3, -0.25) is 0 Å². The highest BCUT2D eigenvalue weighted by Crippen LogP contribution is 2.30. The molecule has 0 heterocycles. The summed E-state index contributed by atoms with van der Waals surface area (Å²) in [5.41, 5.74) is 0.327. The number of nitrogens with zero attached hydrogens (tertiary/aromatic N) is 1. The molecular formula is C17H24N2O2. The Kier molecular flexibility index (Phi) is 5.39. The standard InChI is InChI=1S/C17H24N2O2/c1-2-12-18-16(20)19(13-15-8-4-3-5-9-15)14-17(21)10-6-7-11-17/h2-5,8-9,21H,1,6-7,10-14H2,(H,18,20). The molecule has 4 nitrogen and oxygen atoms in total. The molecule has 21 heavy (non-hydrogen) atoms. The minimum atomic E-state index is -0.736. The summed E-state index contributed by atoms with van der Waals surface area (Å²) >= 11 is 0. The smallest absolute Gasteiger partial charge is 0.318 e. The molecule has 0 aromatic heterocycles. The molecule has 2 N–H and O–H groups in total. The van der Waals surface area contributed by atoms with Crippen molar-refractivity contribution in [2.75, 3.05) is 13.1 Å². The molecule has 1 fully saturated rings. The van der Waals surface area contributed by atoms with Crippen molar-refractivity contribution in [1.82, 2.24) is 10.2 Å². The number of benzene rings is 1. The number of carbonyl (C=O) groups excluding carboxylic acids is 1. The van der Waals surface area contributed by atoms with Crippen LogP contribution >= 0.6 is 0 Å². The van der Waals surface area contributed by atoms with Gasteiger partial charge in [-0.25, -0.2) is 4.79 Å². The van der Waals surface area contributed by atoms with E-state index in [1.807, 2.05) is 30.3 Å². The number of carbonyl (C=O) groups is 1. The van der Waals surface area contributed by atoms with Crippen LogP contribution in [0.3, 0.4) is 0 Å². The average molecular weight is 288 g/mol. The minimum Gasteiger partial charge on any atom is -0.388 e. The van der Waals surface area contributed by atoms with Crippen LogP contribution in [0.15, 0.2) is 43.0 Å². The lowest BCUT2D eigenvalue weighted by Gasteiger charge is -2.31. The van der Waals surface area contributed by atoms with E-state index in [9.17, 15) is 9.90 Å². The van der Waals surface area contributed by atoms with Gasteiger partial charge in [0.15, 0.2) is 0 Å². The summed E-state index contributed by atoms with van der Waals surface area (Å²) in [5, 5.41) is 13.4. The maximum atomic E-state index is 12.3. The fraction of sp³-hybridized carbons (Fsp3) is 0.471. The summed E-state index contributed by atoms with van der Waals surface area (Å²) in [4.78, 5) is 14.0. The van der Waals surface area contributed by atoms with Gasteiger partial charge in [0.2, 0.25) is 0 Å². The van der Waals surface area contributed by atoms with E-state index in [2.05, 4.69) is 11.9 Å². The van der Waals surface area contributed by atoms with Gasteiger partial charge in [-0.2, -0.15) is 0 Å². The monoisotopic (exact) mass is 288 g/mol. The molecule has 4 heteroatoms. The average Bonchev–Trinajstić information content (AvgIpc) is 2.92. The Balaban J connectivity index is 2.05. The molecule has 1 aromatic carbocycles. The second-order valence-corrected chi connectivity index (χ2v) is 5.75. The third-order valence-electron chi connectivity index (χ3n) is 3.92. The molecular weight excluding hydrogens is 264 g/mol. The topological polar surface area (TPSA) is 52.6 Å². The number of nitrogens with one attached hydrogen (secondary N) is 1. The largest absolute Gasteiger partial charge is 0.388 e. The van der Waals surface area contributed by atoms with E-state index in [1.54, 1.807) is 11.0 Å². The first-order valence-corrected chi connectivity index (χ1v) is 7.53. The molecule has 2 rings (SSSR count). The predicted molar refractivity (Wildman–Crippen MR) is 83.9 cm³/mol. The van der Waals surface area contributed by atoms with Gasteiger partial charge in [0.25, 0.3) is 0 Å². The first kappa shape index (κ1) is 15.6. The molecule has 0 unspecified atom stereocenters. The van der Waals surface area contributed by atoms with Crippen molar-refractivity contribution in [2.45, 2.75) is 37.8 Å². The van der Waals surface area contributed by atoms with Gasteiger partial charge < -0.3 is 15.3 Å². The summed E-state index contributed by atoms with van der Waals surface area (Å²) < 4.78 is 0. The SMILES string of the molecule is C=CCNC(=O)N(Cc1ccccc1)CC1(O)CCCC1. The fourth-order valence-electron chi connectivity index (χ4n) is 2.82. The van der Waals surface area contributed by atoms with Gasteiger partial charge >= 0.3 is 6.03 Å². The first-order valence-electron chi connectivity index (χ1n) is 7.53. The summed E-state index contributed by atoms with van der Waals surface area (Å²) in [7, 11) is 0. The van der Waals surface area contributed by atoms with E-state index in [-0.39, 0.29) is 6.03 Å². The fourth-order valence-corrected chi connectivity index (χ4v) is 2.82. The Morgan fingerprint density at radius 1 is 1.33 bits per heavy atom. The van der Waals surface area contributed by atoms with E-state index in [0.29, 0.717) is 19.6 Å². The Bertz CT molecular complexity index is 467. The Hall–Kier alpha value is -1.81. The number of hydrogen-bond donors (Lipinski definition) is 2. The Labute approximate surface area is 126 Å². The van der Waals surface area contributed by atoms with Crippen molar-refractivity contribution in [3.05, 3.63) is 48.6 Å².